The van der Waals surface area contributed by atoms with Crippen molar-refractivity contribution in [2.45, 2.75) is 50.7 Å². The smallest absolute Gasteiger partial charge is 0.462 e. The molecule has 0 spiro atoms. The standard InChI is InChI=1S/C14H20O5/c1-8(15)18-12-10-3-9-4-11(12)7-14(5-9,6-10)19-13(16)17-2/h9-12H,3-7H2,1-2H3. The van der Waals surface area contributed by atoms with Gasteiger partial charge in [0.1, 0.15) is 11.7 Å². The molecule has 4 saturated carbocycles. The van der Waals surface area contributed by atoms with Crippen molar-refractivity contribution in [2.75, 3.05) is 7.11 Å². The molecule has 5 heteroatoms. The zero-order chi connectivity index (χ0) is 13.6. The molecule has 0 saturated heterocycles. The third-order valence-electron chi connectivity index (χ3n) is 4.90. The lowest BCUT2D eigenvalue weighted by Gasteiger charge is -2.58. The van der Waals surface area contributed by atoms with Gasteiger partial charge in [-0.2, -0.15) is 0 Å². The Balaban J connectivity index is 1.76. The summed E-state index contributed by atoms with van der Waals surface area (Å²) in [5.41, 5.74) is -0.375. The van der Waals surface area contributed by atoms with Crippen LogP contribution in [0.25, 0.3) is 0 Å². The molecular weight excluding hydrogens is 248 g/mol. The quantitative estimate of drug-likeness (QED) is 0.719. The van der Waals surface area contributed by atoms with Gasteiger partial charge in [0.25, 0.3) is 0 Å². The summed E-state index contributed by atoms with van der Waals surface area (Å²) in [7, 11) is 1.34. The molecule has 0 aromatic rings. The van der Waals surface area contributed by atoms with Crippen LogP contribution in [0.2, 0.25) is 0 Å². The molecule has 0 heterocycles. The molecule has 106 valence electrons. The second kappa shape index (κ2) is 4.39. The second-order valence-corrected chi connectivity index (χ2v) is 6.28. The first kappa shape index (κ1) is 12.8. The largest absolute Gasteiger partial charge is 0.508 e. The van der Waals surface area contributed by atoms with Gasteiger partial charge >= 0.3 is 12.1 Å². The number of carbonyl (C=O) groups is 2. The molecule has 0 aromatic heterocycles. The van der Waals surface area contributed by atoms with Crippen molar-refractivity contribution in [3.63, 3.8) is 0 Å². The van der Waals surface area contributed by atoms with Gasteiger partial charge in [0, 0.05) is 18.8 Å². The molecule has 4 fully saturated rings. The summed E-state index contributed by atoms with van der Waals surface area (Å²) in [5, 5.41) is 0. The fourth-order valence-electron chi connectivity index (χ4n) is 4.63. The Morgan fingerprint density at radius 3 is 2.26 bits per heavy atom. The van der Waals surface area contributed by atoms with Crippen molar-refractivity contribution in [3.8, 4) is 0 Å². The summed E-state index contributed by atoms with van der Waals surface area (Å²) < 4.78 is 15.7. The first-order valence-corrected chi connectivity index (χ1v) is 6.95. The fourth-order valence-corrected chi connectivity index (χ4v) is 4.63. The van der Waals surface area contributed by atoms with E-state index in [9.17, 15) is 9.59 Å². The summed E-state index contributed by atoms with van der Waals surface area (Å²) in [5.74, 6) is 1.05. The van der Waals surface area contributed by atoms with Crippen LogP contribution in [0.1, 0.15) is 39.0 Å². The molecule has 4 aliphatic rings. The fraction of sp³-hybridized carbons (Fsp3) is 0.857. The minimum atomic E-state index is -0.592. The van der Waals surface area contributed by atoms with Crippen molar-refractivity contribution in [1.29, 1.82) is 0 Å². The number of carbonyl (C=O) groups excluding carboxylic acids is 2. The lowest BCUT2D eigenvalue weighted by molar-refractivity contribution is -0.201. The highest BCUT2D eigenvalue weighted by Crippen LogP contribution is 2.58. The Hall–Kier alpha value is -1.26. The molecule has 0 radical (unpaired) electrons. The number of hydrogen-bond acceptors (Lipinski definition) is 5. The van der Waals surface area contributed by atoms with E-state index in [1.807, 2.05) is 0 Å². The summed E-state index contributed by atoms with van der Waals surface area (Å²) in [6, 6.07) is 0. The van der Waals surface area contributed by atoms with Gasteiger partial charge in [0.2, 0.25) is 0 Å². The van der Waals surface area contributed by atoms with Gasteiger partial charge in [-0.1, -0.05) is 0 Å². The number of esters is 1. The Bertz CT molecular complexity index is 389. The number of hydrogen-bond donors (Lipinski definition) is 0. The van der Waals surface area contributed by atoms with Crippen LogP contribution < -0.4 is 0 Å². The van der Waals surface area contributed by atoms with Crippen molar-refractivity contribution in [2.24, 2.45) is 17.8 Å². The maximum absolute atomic E-state index is 11.4. The zero-order valence-corrected chi connectivity index (χ0v) is 11.4. The van der Waals surface area contributed by atoms with Crippen LogP contribution in [0.4, 0.5) is 4.79 Å². The Morgan fingerprint density at radius 1 is 1.11 bits per heavy atom. The Morgan fingerprint density at radius 2 is 1.74 bits per heavy atom. The minimum Gasteiger partial charge on any atom is -0.462 e. The van der Waals surface area contributed by atoms with Crippen LogP contribution in [-0.4, -0.2) is 30.9 Å². The van der Waals surface area contributed by atoms with Crippen LogP contribution in [0.3, 0.4) is 0 Å². The highest BCUT2D eigenvalue weighted by atomic mass is 16.7. The van der Waals surface area contributed by atoms with Gasteiger partial charge < -0.3 is 14.2 Å². The molecule has 5 nitrogen and oxygen atoms in total. The summed E-state index contributed by atoms with van der Waals surface area (Å²) in [4.78, 5) is 22.6. The zero-order valence-electron chi connectivity index (χ0n) is 11.4. The van der Waals surface area contributed by atoms with Crippen molar-refractivity contribution in [3.05, 3.63) is 0 Å². The van der Waals surface area contributed by atoms with E-state index in [-0.39, 0.29) is 17.7 Å². The predicted octanol–water partition coefficient (Wildman–Crippen LogP) is 2.28. The molecule has 4 rings (SSSR count). The summed E-state index contributed by atoms with van der Waals surface area (Å²) in [6.07, 6.45) is 4.12. The van der Waals surface area contributed by atoms with Gasteiger partial charge in [-0.15, -0.1) is 0 Å². The first-order valence-electron chi connectivity index (χ1n) is 6.95. The molecule has 0 amide bonds. The molecular formula is C14H20O5. The van der Waals surface area contributed by atoms with Crippen molar-refractivity contribution < 1.29 is 23.8 Å². The highest BCUT2D eigenvalue weighted by Gasteiger charge is 2.58. The number of methoxy groups -OCH3 is 1. The van der Waals surface area contributed by atoms with Gasteiger partial charge in [0.15, 0.2) is 0 Å². The van der Waals surface area contributed by atoms with Gasteiger partial charge in [-0.25, -0.2) is 4.79 Å². The van der Waals surface area contributed by atoms with Gasteiger partial charge in [-0.3, -0.25) is 4.79 Å². The van der Waals surface area contributed by atoms with Crippen LogP contribution in [0.5, 0.6) is 0 Å². The molecule has 0 aromatic carbocycles. The molecule has 4 aliphatic carbocycles. The third kappa shape index (κ3) is 2.19. The molecule has 2 atom stereocenters. The molecule has 19 heavy (non-hydrogen) atoms. The minimum absolute atomic E-state index is 0.0171. The van der Waals surface area contributed by atoms with Crippen molar-refractivity contribution in [1.82, 2.24) is 0 Å². The van der Waals surface area contributed by atoms with Crippen molar-refractivity contribution >= 4 is 12.1 Å². The average Bonchev–Trinajstić information content (AvgIpc) is 2.32. The number of rotatable bonds is 2. The maximum Gasteiger partial charge on any atom is 0.508 e. The Kier molecular flexibility index (Phi) is 2.95. The van der Waals surface area contributed by atoms with E-state index in [0.717, 1.165) is 32.1 Å². The lowest BCUT2D eigenvalue weighted by Crippen LogP contribution is -2.59. The predicted molar refractivity (Wildman–Crippen MR) is 65.3 cm³/mol. The van der Waals surface area contributed by atoms with E-state index >= 15 is 0 Å². The van der Waals surface area contributed by atoms with E-state index in [0.29, 0.717) is 17.8 Å². The van der Waals surface area contributed by atoms with E-state index in [4.69, 9.17) is 9.47 Å². The van der Waals surface area contributed by atoms with E-state index in [1.54, 1.807) is 0 Å². The van der Waals surface area contributed by atoms with E-state index in [1.165, 1.54) is 14.0 Å². The first-order chi connectivity index (χ1) is 9.01. The third-order valence-corrected chi connectivity index (χ3v) is 4.90. The molecule has 2 unspecified atom stereocenters. The monoisotopic (exact) mass is 268 g/mol. The van der Waals surface area contributed by atoms with Crippen LogP contribution in [-0.2, 0) is 19.0 Å². The normalized spacial score (nSPS) is 42.8. The van der Waals surface area contributed by atoms with Crippen LogP contribution in [0.15, 0.2) is 0 Å². The van der Waals surface area contributed by atoms with Gasteiger partial charge in [0.05, 0.1) is 7.11 Å². The average molecular weight is 268 g/mol. The maximum atomic E-state index is 11.4. The molecule has 0 aliphatic heterocycles. The van der Waals surface area contributed by atoms with Crippen LogP contribution in [0, 0.1) is 17.8 Å². The topological polar surface area (TPSA) is 61.8 Å². The van der Waals surface area contributed by atoms with Gasteiger partial charge in [-0.05, 0) is 38.0 Å². The van der Waals surface area contributed by atoms with E-state index < -0.39 is 6.16 Å². The van der Waals surface area contributed by atoms with Crippen LogP contribution >= 0.6 is 0 Å². The second-order valence-electron chi connectivity index (χ2n) is 6.28. The molecule has 0 N–H and O–H groups in total. The summed E-state index contributed by atoms with van der Waals surface area (Å²) >= 11 is 0. The highest BCUT2D eigenvalue weighted by molar-refractivity contribution is 5.66. The lowest BCUT2D eigenvalue weighted by atomic mass is 9.53. The summed E-state index contributed by atoms with van der Waals surface area (Å²) in [6.45, 7) is 1.46. The Labute approximate surface area is 112 Å². The van der Waals surface area contributed by atoms with E-state index in [2.05, 4.69) is 4.74 Å². The molecule has 4 bridgehead atoms. The SMILES string of the molecule is COC(=O)OC12CC3CC(C1)C(OC(C)=O)C(C3)C2. The number of ether oxygens (including phenoxy) is 3.